The smallest absolute Gasteiger partial charge is 0.122 e. The predicted octanol–water partition coefficient (Wildman–Crippen LogP) is 5.99. The first-order valence-corrected chi connectivity index (χ1v) is 12.5. The highest BCUT2D eigenvalue weighted by atomic mass is 16.6. The summed E-state index contributed by atoms with van der Waals surface area (Å²) in [5, 5.41) is 0. The highest BCUT2D eigenvalue weighted by molar-refractivity contribution is 5.49. The number of epoxide rings is 2. The second-order valence-electron chi connectivity index (χ2n) is 11.4. The molecule has 2 aromatic rings. The van der Waals surface area contributed by atoms with Gasteiger partial charge in [-0.25, -0.2) is 0 Å². The van der Waals surface area contributed by atoms with Crippen molar-refractivity contribution in [3.05, 3.63) is 58.7 Å². The van der Waals surface area contributed by atoms with Gasteiger partial charge in [-0.3, -0.25) is 0 Å². The molecule has 4 nitrogen and oxygen atoms in total. The van der Waals surface area contributed by atoms with E-state index in [1.54, 1.807) is 0 Å². The van der Waals surface area contributed by atoms with Crippen molar-refractivity contribution in [3.63, 3.8) is 0 Å². The summed E-state index contributed by atoms with van der Waals surface area (Å²) in [7, 11) is 0. The van der Waals surface area contributed by atoms with Crippen molar-refractivity contribution in [2.75, 3.05) is 26.4 Å². The molecule has 0 N–H and O–H groups in total. The zero-order chi connectivity index (χ0) is 23.2. The maximum atomic E-state index is 6.04. The van der Waals surface area contributed by atoms with Gasteiger partial charge in [0.1, 0.15) is 36.9 Å². The molecular weight excluding hydrogens is 412 g/mol. The van der Waals surface area contributed by atoms with Gasteiger partial charge in [-0.05, 0) is 78.8 Å². The van der Waals surface area contributed by atoms with Gasteiger partial charge in [0, 0.05) is 5.41 Å². The topological polar surface area (TPSA) is 43.5 Å². The van der Waals surface area contributed by atoms with E-state index in [0.29, 0.717) is 19.1 Å². The first-order valence-electron chi connectivity index (χ1n) is 12.5. The molecule has 4 heteroatoms. The zero-order valence-corrected chi connectivity index (χ0v) is 20.8. The molecule has 0 radical (unpaired) electrons. The molecule has 1 saturated carbocycles. The van der Waals surface area contributed by atoms with Crippen molar-refractivity contribution in [1.82, 2.24) is 0 Å². The predicted molar refractivity (Wildman–Crippen MR) is 130 cm³/mol. The Balaban J connectivity index is 1.50. The van der Waals surface area contributed by atoms with E-state index in [0.717, 1.165) is 37.6 Å². The minimum atomic E-state index is -0.0209. The second-order valence-corrected chi connectivity index (χ2v) is 11.4. The summed E-state index contributed by atoms with van der Waals surface area (Å²) in [6.07, 6.45) is 4.09. The van der Waals surface area contributed by atoms with Crippen LogP contribution in [0.15, 0.2) is 36.4 Å². The molecule has 2 aliphatic heterocycles. The summed E-state index contributed by atoms with van der Waals surface area (Å²) in [6, 6.07) is 13.7. The van der Waals surface area contributed by atoms with Crippen molar-refractivity contribution < 1.29 is 18.9 Å². The fourth-order valence-electron chi connectivity index (χ4n) is 6.09. The van der Waals surface area contributed by atoms with Crippen molar-refractivity contribution in [3.8, 4) is 11.5 Å². The first kappa shape index (κ1) is 22.7. The molecule has 2 saturated heterocycles. The second kappa shape index (κ2) is 8.63. The SMILES string of the molecule is Cc1cc(C2(c3ccc(OCC4CO4)c(C)c3)CC(C)CC(C)(C)C2)ccc1OCC1CO1. The van der Waals surface area contributed by atoms with E-state index in [1.807, 2.05) is 0 Å². The first-order chi connectivity index (χ1) is 15.7. The molecule has 5 rings (SSSR count). The lowest BCUT2D eigenvalue weighted by molar-refractivity contribution is 0.126. The third-order valence-electron chi connectivity index (χ3n) is 7.49. The number of hydrogen-bond donors (Lipinski definition) is 0. The van der Waals surface area contributed by atoms with Gasteiger partial charge in [-0.1, -0.05) is 45.0 Å². The van der Waals surface area contributed by atoms with Crippen molar-refractivity contribution in [2.45, 2.75) is 71.5 Å². The van der Waals surface area contributed by atoms with Gasteiger partial charge in [0.15, 0.2) is 0 Å². The van der Waals surface area contributed by atoms with Gasteiger partial charge in [0.2, 0.25) is 0 Å². The van der Waals surface area contributed by atoms with Crippen LogP contribution in [-0.2, 0) is 14.9 Å². The van der Waals surface area contributed by atoms with Gasteiger partial charge in [-0.2, -0.15) is 0 Å². The van der Waals surface area contributed by atoms with Crippen molar-refractivity contribution >= 4 is 0 Å². The molecule has 3 aliphatic rings. The lowest BCUT2D eigenvalue weighted by Gasteiger charge is -2.49. The Labute approximate surface area is 198 Å². The van der Waals surface area contributed by atoms with Crippen LogP contribution in [0.5, 0.6) is 11.5 Å². The van der Waals surface area contributed by atoms with Crippen LogP contribution in [0.4, 0.5) is 0 Å². The minimum absolute atomic E-state index is 0.0209. The lowest BCUT2D eigenvalue weighted by atomic mass is 9.55. The molecule has 3 atom stereocenters. The van der Waals surface area contributed by atoms with Crippen LogP contribution in [0, 0.1) is 25.2 Å². The van der Waals surface area contributed by atoms with E-state index in [-0.39, 0.29) is 23.0 Å². The Kier molecular flexibility index (Phi) is 5.95. The molecule has 3 fully saturated rings. The number of benzene rings is 2. The minimum Gasteiger partial charge on any atom is -0.491 e. The van der Waals surface area contributed by atoms with Gasteiger partial charge in [0.25, 0.3) is 0 Å². The summed E-state index contributed by atoms with van der Waals surface area (Å²) < 4.78 is 22.7. The maximum absolute atomic E-state index is 6.04. The third kappa shape index (κ3) is 5.07. The quantitative estimate of drug-likeness (QED) is 0.463. The molecule has 0 spiro atoms. The van der Waals surface area contributed by atoms with Crippen molar-refractivity contribution in [1.29, 1.82) is 0 Å². The molecule has 0 amide bonds. The van der Waals surface area contributed by atoms with Gasteiger partial charge in [-0.15, -0.1) is 0 Å². The van der Waals surface area contributed by atoms with Gasteiger partial charge < -0.3 is 18.9 Å². The average Bonchev–Trinajstić information content (AvgIpc) is 3.65. The van der Waals surface area contributed by atoms with E-state index in [2.05, 4.69) is 71.0 Å². The largest absolute Gasteiger partial charge is 0.491 e. The maximum Gasteiger partial charge on any atom is 0.122 e. The lowest BCUT2D eigenvalue weighted by Crippen LogP contribution is -2.41. The van der Waals surface area contributed by atoms with Crippen molar-refractivity contribution in [2.24, 2.45) is 11.3 Å². The Bertz CT molecular complexity index is 937. The summed E-state index contributed by atoms with van der Waals surface area (Å²) in [6.45, 7) is 14.5. The molecule has 33 heavy (non-hydrogen) atoms. The van der Waals surface area contributed by atoms with Crippen LogP contribution in [0.1, 0.15) is 62.3 Å². The van der Waals surface area contributed by atoms with Crippen LogP contribution in [0.3, 0.4) is 0 Å². The highest BCUT2D eigenvalue weighted by Gasteiger charge is 2.45. The third-order valence-corrected chi connectivity index (χ3v) is 7.49. The fourth-order valence-corrected chi connectivity index (χ4v) is 6.09. The number of hydrogen-bond acceptors (Lipinski definition) is 4. The summed E-state index contributed by atoms with van der Waals surface area (Å²) in [4.78, 5) is 0. The molecular formula is C29H38O4. The Morgan fingerprint density at radius 3 is 1.70 bits per heavy atom. The van der Waals surface area contributed by atoms with E-state index < -0.39 is 0 Å². The Morgan fingerprint density at radius 1 is 0.818 bits per heavy atom. The standard InChI is InChI=1S/C29H38O4/c1-19-12-28(4,5)18-29(13-19,22-6-8-26(20(2)10-22)32-16-24-14-30-24)23-7-9-27(21(3)11-23)33-17-25-15-31-25/h6-11,19,24-25H,12-18H2,1-5H3. The Hall–Kier alpha value is -2.04. The van der Waals surface area contributed by atoms with Crippen LogP contribution in [0.2, 0.25) is 0 Å². The number of rotatable bonds is 8. The molecule has 3 unspecified atom stereocenters. The van der Waals surface area contributed by atoms with Crippen LogP contribution >= 0.6 is 0 Å². The zero-order valence-electron chi connectivity index (χ0n) is 20.8. The van der Waals surface area contributed by atoms with Gasteiger partial charge >= 0.3 is 0 Å². The molecule has 2 aromatic carbocycles. The molecule has 1 aliphatic carbocycles. The fraction of sp³-hybridized carbons (Fsp3) is 0.586. The summed E-state index contributed by atoms with van der Waals surface area (Å²) in [5.74, 6) is 2.59. The normalized spacial score (nSPS) is 30.0. The van der Waals surface area contributed by atoms with Crippen LogP contribution in [-0.4, -0.2) is 38.6 Å². The summed E-state index contributed by atoms with van der Waals surface area (Å²) in [5.41, 5.74) is 5.45. The molecule has 0 bridgehead atoms. The van der Waals surface area contributed by atoms with E-state index in [1.165, 1.54) is 28.7 Å². The van der Waals surface area contributed by atoms with E-state index >= 15 is 0 Å². The van der Waals surface area contributed by atoms with Crippen LogP contribution < -0.4 is 9.47 Å². The van der Waals surface area contributed by atoms with Gasteiger partial charge in [0.05, 0.1) is 13.2 Å². The monoisotopic (exact) mass is 450 g/mol. The highest BCUT2D eigenvalue weighted by Crippen LogP contribution is 2.54. The van der Waals surface area contributed by atoms with E-state index in [9.17, 15) is 0 Å². The molecule has 178 valence electrons. The van der Waals surface area contributed by atoms with Crippen LogP contribution in [0.25, 0.3) is 0 Å². The van der Waals surface area contributed by atoms with E-state index in [4.69, 9.17) is 18.9 Å². The number of aryl methyl sites for hydroxylation is 2. The summed E-state index contributed by atoms with van der Waals surface area (Å²) >= 11 is 0. The molecule has 2 heterocycles. The average molecular weight is 451 g/mol. The number of ether oxygens (including phenoxy) is 4. The molecule has 0 aromatic heterocycles. The Morgan fingerprint density at radius 2 is 1.30 bits per heavy atom.